The first-order valence-corrected chi connectivity index (χ1v) is 14.2. The number of piperidine rings is 2. The molecule has 9 heteroatoms. The highest BCUT2D eigenvalue weighted by Gasteiger charge is 2.35. The predicted molar refractivity (Wildman–Crippen MR) is 151 cm³/mol. The molecule has 2 fully saturated rings. The highest BCUT2D eigenvalue weighted by molar-refractivity contribution is 6.42. The molecule has 196 valence electrons. The molecule has 0 bridgehead atoms. The average molecular weight is 581 g/mol. The van der Waals surface area contributed by atoms with Crippen LogP contribution in [0.1, 0.15) is 35.2 Å². The fourth-order valence-corrected chi connectivity index (χ4v) is 6.55. The first kappa shape index (κ1) is 27.0. The number of aliphatic hydroxyl groups is 1. The first-order chi connectivity index (χ1) is 17.8. The van der Waals surface area contributed by atoms with E-state index in [1.54, 1.807) is 18.3 Å². The highest BCUT2D eigenvalue weighted by Crippen LogP contribution is 2.33. The van der Waals surface area contributed by atoms with Crippen molar-refractivity contribution in [3.63, 3.8) is 0 Å². The lowest BCUT2D eigenvalue weighted by atomic mass is 9.80. The van der Waals surface area contributed by atoms with Crippen LogP contribution >= 0.6 is 46.4 Å². The van der Waals surface area contributed by atoms with Crippen LogP contribution in [-0.2, 0) is 6.42 Å². The lowest BCUT2D eigenvalue weighted by molar-refractivity contribution is 0.0242. The van der Waals surface area contributed by atoms with Crippen LogP contribution in [0.3, 0.4) is 0 Å². The Hall–Kier alpha value is -1.60. The zero-order chi connectivity index (χ0) is 26.1. The van der Waals surface area contributed by atoms with E-state index in [-0.39, 0.29) is 18.4 Å². The number of halogens is 4. The molecule has 2 saturated heterocycles. The SMILES string of the molecule is O=C(c1c(Cl)ccc2cc(Cl)cnc12)N1CCC(N2CCC(Cc3ccc(Cl)c(Cl)c3)[C@H](CO)C2)CC1. The van der Waals surface area contributed by atoms with Gasteiger partial charge < -0.3 is 10.0 Å². The Morgan fingerprint density at radius 3 is 2.41 bits per heavy atom. The second-order valence-electron chi connectivity index (χ2n) is 10.1. The lowest BCUT2D eigenvalue weighted by Crippen LogP contribution is -2.52. The van der Waals surface area contributed by atoms with Crippen molar-refractivity contribution < 1.29 is 9.90 Å². The number of pyridine rings is 1. The minimum Gasteiger partial charge on any atom is -0.396 e. The molecule has 3 aromatic rings. The number of likely N-dealkylation sites (tertiary alicyclic amines) is 2. The van der Waals surface area contributed by atoms with Gasteiger partial charge in [0.25, 0.3) is 5.91 Å². The molecule has 2 aliphatic rings. The van der Waals surface area contributed by atoms with Crippen LogP contribution in [0.25, 0.3) is 10.9 Å². The van der Waals surface area contributed by atoms with E-state index in [9.17, 15) is 9.90 Å². The number of benzene rings is 2. The maximum atomic E-state index is 13.5. The predicted octanol–water partition coefficient (Wildman–Crippen LogP) is 6.63. The molecule has 1 N–H and O–H groups in total. The summed E-state index contributed by atoms with van der Waals surface area (Å²) in [6.07, 6.45) is 5.23. The molecule has 37 heavy (non-hydrogen) atoms. The Kier molecular flexibility index (Phi) is 8.49. The molecule has 0 radical (unpaired) electrons. The monoisotopic (exact) mass is 579 g/mol. The Balaban J connectivity index is 1.21. The Morgan fingerprint density at radius 1 is 0.919 bits per heavy atom. The summed E-state index contributed by atoms with van der Waals surface area (Å²) in [5.74, 6) is 0.516. The first-order valence-electron chi connectivity index (χ1n) is 12.7. The summed E-state index contributed by atoms with van der Waals surface area (Å²) < 4.78 is 0. The molecular formula is C28H29Cl4N3O2. The van der Waals surface area contributed by atoms with Crippen LogP contribution in [0.2, 0.25) is 20.1 Å². The summed E-state index contributed by atoms with van der Waals surface area (Å²) in [4.78, 5) is 22.3. The van der Waals surface area contributed by atoms with Crippen molar-refractivity contribution in [1.29, 1.82) is 0 Å². The van der Waals surface area contributed by atoms with Gasteiger partial charge in [0, 0.05) is 43.9 Å². The van der Waals surface area contributed by atoms with Gasteiger partial charge in [-0.15, -0.1) is 0 Å². The molecule has 1 unspecified atom stereocenters. The number of fused-ring (bicyclic) bond motifs is 1. The molecule has 5 rings (SSSR count). The van der Waals surface area contributed by atoms with Crippen LogP contribution in [0, 0.1) is 11.8 Å². The maximum Gasteiger partial charge on any atom is 0.257 e. The van der Waals surface area contributed by atoms with E-state index in [1.807, 2.05) is 29.2 Å². The Bertz CT molecular complexity index is 1300. The fourth-order valence-electron chi connectivity index (χ4n) is 5.83. The van der Waals surface area contributed by atoms with Crippen LogP contribution in [0.4, 0.5) is 0 Å². The molecule has 1 aromatic heterocycles. The summed E-state index contributed by atoms with van der Waals surface area (Å²) in [6, 6.07) is 11.6. The maximum absolute atomic E-state index is 13.5. The minimum absolute atomic E-state index is 0.0857. The molecular weight excluding hydrogens is 552 g/mol. The second-order valence-corrected chi connectivity index (χ2v) is 11.8. The topological polar surface area (TPSA) is 56.7 Å². The van der Waals surface area contributed by atoms with Gasteiger partial charge in [-0.3, -0.25) is 14.7 Å². The van der Waals surface area contributed by atoms with Gasteiger partial charge in [-0.05, 0) is 73.9 Å². The Labute approximate surface area is 237 Å². The van der Waals surface area contributed by atoms with Crippen molar-refractivity contribution in [2.75, 3.05) is 32.8 Å². The number of rotatable bonds is 5. The third-order valence-corrected chi connectivity index (χ3v) is 9.15. The van der Waals surface area contributed by atoms with Gasteiger partial charge in [0.1, 0.15) is 0 Å². The van der Waals surface area contributed by atoms with Gasteiger partial charge in [0.2, 0.25) is 0 Å². The van der Waals surface area contributed by atoms with Gasteiger partial charge in [-0.2, -0.15) is 0 Å². The summed E-state index contributed by atoms with van der Waals surface area (Å²) in [5, 5.41) is 13.0. The van der Waals surface area contributed by atoms with Crippen LogP contribution < -0.4 is 0 Å². The number of aliphatic hydroxyl groups excluding tert-OH is 1. The third kappa shape index (κ3) is 5.88. The largest absolute Gasteiger partial charge is 0.396 e. The number of carbonyl (C=O) groups excluding carboxylic acids is 1. The molecule has 0 saturated carbocycles. The minimum atomic E-state index is -0.0857. The molecule has 0 aliphatic carbocycles. The normalized spacial score (nSPS) is 21.5. The average Bonchev–Trinajstić information content (AvgIpc) is 2.91. The van der Waals surface area contributed by atoms with Crippen molar-refractivity contribution >= 4 is 63.2 Å². The molecule has 1 amide bonds. The molecule has 2 atom stereocenters. The molecule has 5 nitrogen and oxygen atoms in total. The van der Waals surface area contributed by atoms with Crippen LogP contribution in [0.5, 0.6) is 0 Å². The van der Waals surface area contributed by atoms with Gasteiger partial charge >= 0.3 is 0 Å². The molecule has 2 aliphatic heterocycles. The van der Waals surface area contributed by atoms with Gasteiger partial charge in [0.05, 0.1) is 31.2 Å². The summed E-state index contributed by atoms with van der Waals surface area (Å²) in [5.41, 5.74) is 2.18. The van der Waals surface area contributed by atoms with E-state index in [2.05, 4.69) is 9.88 Å². The zero-order valence-electron chi connectivity index (χ0n) is 20.3. The van der Waals surface area contributed by atoms with Crippen molar-refractivity contribution in [3.05, 3.63) is 73.8 Å². The fraction of sp³-hybridized carbons (Fsp3) is 0.429. The van der Waals surface area contributed by atoms with Crippen LogP contribution in [0.15, 0.2) is 42.6 Å². The van der Waals surface area contributed by atoms with E-state index in [0.717, 1.165) is 49.7 Å². The van der Waals surface area contributed by atoms with Gasteiger partial charge in [-0.25, -0.2) is 0 Å². The van der Waals surface area contributed by atoms with Crippen molar-refractivity contribution in [2.24, 2.45) is 11.8 Å². The molecule has 0 spiro atoms. The highest BCUT2D eigenvalue weighted by atomic mass is 35.5. The number of amides is 1. The number of hydrogen-bond donors (Lipinski definition) is 1. The lowest BCUT2D eigenvalue weighted by Gasteiger charge is -2.44. The smallest absolute Gasteiger partial charge is 0.257 e. The van der Waals surface area contributed by atoms with Gasteiger partial charge in [0.15, 0.2) is 0 Å². The van der Waals surface area contributed by atoms with Crippen molar-refractivity contribution in [3.8, 4) is 0 Å². The van der Waals surface area contributed by atoms with Crippen LogP contribution in [-0.4, -0.2) is 64.6 Å². The number of aromatic nitrogens is 1. The van der Waals surface area contributed by atoms with E-state index < -0.39 is 0 Å². The summed E-state index contributed by atoms with van der Waals surface area (Å²) >= 11 is 24.8. The van der Waals surface area contributed by atoms with Gasteiger partial charge in [-0.1, -0.05) is 58.5 Å². The quantitative estimate of drug-likeness (QED) is 0.368. The third-order valence-electron chi connectivity index (χ3n) is 7.89. The summed E-state index contributed by atoms with van der Waals surface area (Å²) in [6.45, 7) is 3.34. The van der Waals surface area contributed by atoms with E-state index in [0.29, 0.717) is 56.2 Å². The number of carbonyl (C=O) groups is 1. The Morgan fingerprint density at radius 2 is 1.68 bits per heavy atom. The van der Waals surface area contributed by atoms with Crippen molar-refractivity contribution in [2.45, 2.75) is 31.7 Å². The number of nitrogens with zero attached hydrogens (tertiary/aromatic N) is 3. The second kappa shape index (κ2) is 11.6. The van der Waals surface area contributed by atoms with E-state index in [1.165, 1.54) is 0 Å². The summed E-state index contributed by atoms with van der Waals surface area (Å²) in [7, 11) is 0. The van der Waals surface area contributed by atoms with Crippen molar-refractivity contribution in [1.82, 2.24) is 14.8 Å². The zero-order valence-corrected chi connectivity index (χ0v) is 23.4. The molecule has 3 heterocycles. The number of hydrogen-bond acceptors (Lipinski definition) is 4. The van der Waals surface area contributed by atoms with E-state index in [4.69, 9.17) is 46.4 Å². The molecule has 2 aromatic carbocycles. The standard InChI is InChI=1S/C28H29Cl4N3O2/c29-21-13-19-2-4-24(31)26(27(19)33-14-21)28(37)34-9-6-22(7-10-34)35-8-5-18(20(15-35)16-36)11-17-1-3-23(30)25(32)12-17/h1-4,12-14,18,20,22,36H,5-11,15-16H2/t18?,20-/m0/s1. The van der Waals surface area contributed by atoms with E-state index >= 15 is 0 Å².